The van der Waals surface area contributed by atoms with E-state index >= 15 is 0 Å². The standard InChI is InChI=1S/C21H22N4O/c1-3-15(2)25(13-17-8-6-7-16(11-17)12-22)14-20-23-19-10-5-4-9-18(19)21(26)24-20/h4-11,15H,3,13-14H2,1-2H3,(H,23,24,26). The highest BCUT2D eigenvalue weighted by atomic mass is 16.1. The van der Waals surface area contributed by atoms with Crippen LogP contribution in [0.4, 0.5) is 0 Å². The van der Waals surface area contributed by atoms with E-state index in [9.17, 15) is 4.79 Å². The van der Waals surface area contributed by atoms with Crippen LogP contribution < -0.4 is 5.56 Å². The van der Waals surface area contributed by atoms with Crippen LogP contribution in [-0.4, -0.2) is 20.9 Å². The Morgan fingerprint density at radius 1 is 1.19 bits per heavy atom. The second-order valence-corrected chi connectivity index (χ2v) is 6.50. The number of para-hydroxylation sites is 1. The SMILES string of the molecule is CCC(C)N(Cc1cccc(C#N)c1)Cc1nc2ccccc2c(=O)[nH]1. The summed E-state index contributed by atoms with van der Waals surface area (Å²) in [7, 11) is 0. The lowest BCUT2D eigenvalue weighted by atomic mass is 10.1. The van der Waals surface area contributed by atoms with Crippen LogP contribution in [0.2, 0.25) is 0 Å². The lowest BCUT2D eigenvalue weighted by Gasteiger charge is -2.28. The molecule has 26 heavy (non-hydrogen) atoms. The second-order valence-electron chi connectivity index (χ2n) is 6.50. The van der Waals surface area contributed by atoms with Crippen molar-refractivity contribution in [3.63, 3.8) is 0 Å². The highest BCUT2D eigenvalue weighted by Gasteiger charge is 2.15. The first-order valence-corrected chi connectivity index (χ1v) is 8.81. The first kappa shape index (κ1) is 17.8. The molecule has 0 bridgehead atoms. The molecule has 3 aromatic rings. The van der Waals surface area contributed by atoms with E-state index in [-0.39, 0.29) is 5.56 Å². The highest BCUT2D eigenvalue weighted by Crippen LogP contribution is 2.15. The van der Waals surface area contributed by atoms with E-state index in [2.05, 4.69) is 34.8 Å². The van der Waals surface area contributed by atoms with Crippen molar-refractivity contribution in [2.45, 2.75) is 39.4 Å². The molecule has 0 amide bonds. The van der Waals surface area contributed by atoms with Gasteiger partial charge in [0.25, 0.3) is 5.56 Å². The zero-order chi connectivity index (χ0) is 18.5. The minimum atomic E-state index is -0.110. The van der Waals surface area contributed by atoms with Gasteiger partial charge in [0.15, 0.2) is 0 Å². The van der Waals surface area contributed by atoms with Crippen LogP contribution in [0.5, 0.6) is 0 Å². The van der Waals surface area contributed by atoms with E-state index in [1.54, 1.807) is 12.1 Å². The summed E-state index contributed by atoms with van der Waals surface area (Å²) in [5.74, 6) is 0.658. The molecule has 0 aliphatic carbocycles. The lowest BCUT2D eigenvalue weighted by Crippen LogP contribution is -2.33. The predicted octanol–water partition coefficient (Wildman–Crippen LogP) is 3.60. The molecule has 0 fully saturated rings. The van der Waals surface area contributed by atoms with Gasteiger partial charge in [0.2, 0.25) is 0 Å². The molecule has 132 valence electrons. The van der Waals surface area contributed by atoms with E-state index in [0.29, 0.717) is 41.4 Å². The summed E-state index contributed by atoms with van der Waals surface area (Å²) in [5, 5.41) is 9.71. The molecular formula is C21H22N4O. The Labute approximate surface area is 152 Å². The normalized spacial score (nSPS) is 12.2. The highest BCUT2D eigenvalue weighted by molar-refractivity contribution is 5.77. The van der Waals surface area contributed by atoms with Crippen LogP contribution in [0.15, 0.2) is 53.3 Å². The molecule has 0 saturated heterocycles. The third-order valence-electron chi connectivity index (χ3n) is 4.67. The number of aromatic amines is 1. The van der Waals surface area contributed by atoms with E-state index in [1.807, 2.05) is 36.4 Å². The first-order valence-electron chi connectivity index (χ1n) is 8.81. The molecular weight excluding hydrogens is 324 g/mol. The maximum absolute atomic E-state index is 12.3. The van der Waals surface area contributed by atoms with Gasteiger partial charge in [-0.3, -0.25) is 9.69 Å². The smallest absolute Gasteiger partial charge is 0.258 e. The summed E-state index contributed by atoms with van der Waals surface area (Å²) >= 11 is 0. The Kier molecular flexibility index (Phi) is 5.45. The largest absolute Gasteiger partial charge is 0.309 e. The van der Waals surface area contributed by atoms with Gasteiger partial charge in [-0.2, -0.15) is 5.26 Å². The first-order chi connectivity index (χ1) is 12.6. The monoisotopic (exact) mass is 346 g/mol. The average Bonchev–Trinajstić information content (AvgIpc) is 2.67. The van der Waals surface area contributed by atoms with Gasteiger partial charge in [0.05, 0.1) is 29.1 Å². The maximum Gasteiger partial charge on any atom is 0.258 e. The molecule has 1 unspecified atom stereocenters. The number of H-pyrrole nitrogens is 1. The number of nitriles is 1. The van der Waals surface area contributed by atoms with Crippen molar-refractivity contribution < 1.29 is 0 Å². The van der Waals surface area contributed by atoms with Gasteiger partial charge >= 0.3 is 0 Å². The van der Waals surface area contributed by atoms with E-state index in [0.717, 1.165) is 12.0 Å². The number of nitrogens with zero attached hydrogens (tertiary/aromatic N) is 3. The topological polar surface area (TPSA) is 72.8 Å². The maximum atomic E-state index is 12.3. The summed E-state index contributed by atoms with van der Waals surface area (Å²) in [4.78, 5) is 22.1. The molecule has 5 heteroatoms. The Bertz CT molecular complexity index is 1000. The Balaban J connectivity index is 1.89. The van der Waals surface area contributed by atoms with Crippen molar-refractivity contribution in [3.05, 3.63) is 75.8 Å². The van der Waals surface area contributed by atoms with Gasteiger partial charge < -0.3 is 4.98 Å². The molecule has 1 aromatic heterocycles. The Morgan fingerprint density at radius 2 is 2.00 bits per heavy atom. The molecule has 0 saturated carbocycles. The molecule has 2 aromatic carbocycles. The van der Waals surface area contributed by atoms with Gasteiger partial charge in [-0.15, -0.1) is 0 Å². The quantitative estimate of drug-likeness (QED) is 0.740. The number of aromatic nitrogens is 2. The summed E-state index contributed by atoms with van der Waals surface area (Å²) < 4.78 is 0. The predicted molar refractivity (Wildman–Crippen MR) is 103 cm³/mol. The van der Waals surface area contributed by atoms with Gasteiger partial charge in [-0.05, 0) is 43.2 Å². The molecule has 0 aliphatic heterocycles. The number of fused-ring (bicyclic) bond motifs is 1. The summed E-state index contributed by atoms with van der Waals surface area (Å²) in [6.07, 6.45) is 0.982. The third-order valence-corrected chi connectivity index (χ3v) is 4.67. The number of benzene rings is 2. The number of rotatable bonds is 6. The van der Waals surface area contributed by atoms with Crippen molar-refractivity contribution in [2.75, 3.05) is 0 Å². The van der Waals surface area contributed by atoms with Crippen molar-refractivity contribution in [1.29, 1.82) is 5.26 Å². The van der Waals surface area contributed by atoms with Crippen LogP contribution in [0, 0.1) is 11.3 Å². The van der Waals surface area contributed by atoms with E-state index in [4.69, 9.17) is 5.26 Å². The molecule has 1 heterocycles. The minimum Gasteiger partial charge on any atom is -0.309 e. The van der Waals surface area contributed by atoms with Crippen molar-refractivity contribution >= 4 is 10.9 Å². The zero-order valence-corrected chi connectivity index (χ0v) is 15.1. The van der Waals surface area contributed by atoms with Gasteiger partial charge in [0, 0.05) is 12.6 Å². The lowest BCUT2D eigenvalue weighted by molar-refractivity contribution is 0.181. The molecule has 5 nitrogen and oxygen atoms in total. The third kappa shape index (κ3) is 3.98. The van der Waals surface area contributed by atoms with Crippen molar-refractivity contribution in [1.82, 2.24) is 14.9 Å². The molecule has 3 rings (SSSR count). The minimum absolute atomic E-state index is 0.110. The van der Waals surface area contributed by atoms with Crippen molar-refractivity contribution in [2.24, 2.45) is 0 Å². The van der Waals surface area contributed by atoms with Crippen LogP contribution in [0.3, 0.4) is 0 Å². The number of hydrogen-bond donors (Lipinski definition) is 1. The molecule has 0 radical (unpaired) electrons. The number of hydrogen-bond acceptors (Lipinski definition) is 4. The van der Waals surface area contributed by atoms with E-state index in [1.165, 1.54) is 0 Å². The fraction of sp³-hybridized carbons (Fsp3) is 0.286. The summed E-state index contributed by atoms with van der Waals surface area (Å²) in [6.45, 7) is 5.54. The van der Waals surface area contributed by atoms with Crippen molar-refractivity contribution in [3.8, 4) is 6.07 Å². The molecule has 0 spiro atoms. The van der Waals surface area contributed by atoms with Crippen LogP contribution in [0.25, 0.3) is 10.9 Å². The van der Waals surface area contributed by atoms with Crippen LogP contribution >= 0.6 is 0 Å². The van der Waals surface area contributed by atoms with Crippen LogP contribution in [0.1, 0.15) is 37.2 Å². The van der Waals surface area contributed by atoms with Gasteiger partial charge in [-0.1, -0.05) is 31.2 Å². The Hall–Kier alpha value is -2.97. The Morgan fingerprint density at radius 3 is 2.77 bits per heavy atom. The summed E-state index contributed by atoms with van der Waals surface area (Å²) in [6, 6.07) is 17.5. The fourth-order valence-electron chi connectivity index (χ4n) is 3.00. The van der Waals surface area contributed by atoms with E-state index < -0.39 is 0 Å². The molecule has 0 aliphatic rings. The number of nitrogens with one attached hydrogen (secondary N) is 1. The average molecular weight is 346 g/mol. The van der Waals surface area contributed by atoms with Gasteiger partial charge in [-0.25, -0.2) is 4.98 Å². The molecule has 1 N–H and O–H groups in total. The second kappa shape index (κ2) is 7.94. The van der Waals surface area contributed by atoms with Gasteiger partial charge in [0.1, 0.15) is 5.82 Å². The van der Waals surface area contributed by atoms with Crippen LogP contribution in [-0.2, 0) is 13.1 Å². The zero-order valence-electron chi connectivity index (χ0n) is 15.1. The molecule has 1 atom stereocenters. The summed E-state index contributed by atoms with van der Waals surface area (Å²) in [5.41, 5.74) is 2.33. The fourth-order valence-corrected chi connectivity index (χ4v) is 3.00.